The molecule has 2 N–H and O–H groups in total. The number of carbonyl (C=O) groups is 3. The van der Waals surface area contributed by atoms with Gasteiger partial charge in [0.15, 0.2) is 11.5 Å². The van der Waals surface area contributed by atoms with Gasteiger partial charge in [0.1, 0.15) is 12.1 Å². The van der Waals surface area contributed by atoms with Crippen molar-refractivity contribution in [1.82, 2.24) is 15.5 Å². The second-order valence-corrected chi connectivity index (χ2v) is 7.60. The minimum absolute atomic E-state index is 0.166. The molecule has 8 nitrogen and oxygen atoms in total. The van der Waals surface area contributed by atoms with E-state index in [4.69, 9.17) is 9.47 Å². The Kier molecular flexibility index (Phi) is 5.31. The standard InChI is InChI=1S/C22H23N3O5/c1-22(12-16-7-8-17-18(11-16)30-14-29-17)20(27)25(21(28)24-22)13-19(26)23-10-9-15-5-3-2-4-6-15/h2-8,11H,9-10,12-14H2,1H3,(H,23,26)(H,24,28). The fourth-order valence-corrected chi connectivity index (χ4v) is 3.66. The number of benzene rings is 2. The highest BCUT2D eigenvalue weighted by molar-refractivity contribution is 6.08. The van der Waals surface area contributed by atoms with Crippen LogP contribution in [0.2, 0.25) is 0 Å². The van der Waals surface area contributed by atoms with Crippen molar-refractivity contribution in [2.75, 3.05) is 19.9 Å². The molecule has 30 heavy (non-hydrogen) atoms. The lowest BCUT2D eigenvalue weighted by atomic mass is 9.92. The van der Waals surface area contributed by atoms with E-state index in [1.54, 1.807) is 19.1 Å². The van der Waals surface area contributed by atoms with Crippen LogP contribution in [0, 0.1) is 0 Å². The number of amides is 4. The normalized spacial score (nSPS) is 19.7. The van der Waals surface area contributed by atoms with E-state index in [-0.39, 0.29) is 25.7 Å². The predicted octanol–water partition coefficient (Wildman–Crippen LogP) is 1.63. The largest absolute Gasteiger partial charge is 0.454 e. The molecule has 0 bridgehead atoms. The minimum Gasteiger partial charge on any atom is -0.454 e. The third-order valence-electron chi connectivity index (χ3n) is 5.22. The molecule has 1 unspecified atom stereocenters. The van der Waals surface area contributed by atoms with Crippen molar-refractivity contribution >= 4 is 17.8 Å². The second kappa shape index (κ2) is 8.06. The molecule has 8 heteroatoms. The number of ether oxygens (including phenoxy) is 2. The van der Waals surface area contributed by atoms with Gasteiger partial charge in [0.2, 0.25) is 12.7 Å². The second-order valence-electron chi connectivity index (χ2n) is 7.60. The predicted molar refractivity (Wildman–Crippen MR) is 108 cm³/mol. The number of hydrogen-bond acceptors (Lipinski definition) is 5. The summed E-state index contributed by atoms with van der Waals surface area (Å²) in [7, 11) is 0. The summed E-state index contributed by atoms with van der Waals surface area (Å²) in [5.74, 6) is 0.465. The first-order valence-electron chi connectivity index (χ1n) is 9.78. The van der Waals surface area contributed by atoms with Crippen LogP contribution in [0.4, 0.5) is 4.79 Å². The minimum atomic E-state index is -1.13. The van der Waals surface area contributed by atoms with Crippen LogP contribution in [0.1, 0.15) is 18.1 Å². The number of nitrogens with one attached hydrogen (secondary N) is 2. The van der Waals surface area contributed by atoms with Crippen molar-refractivity contribution in [2.45, 2.75) is 25.3 Å². The van der Waals surface area contributed by atoms with E-state index in [2.05, 4.69) is 10.6 Å². The number of rotatable bonds is 7. The molecule has 0 radical (unpaired) electrons. The summed E-state index contributed by atoms with van der Waals surface area (Å²) in [5.41, 5.74) is 0.795. The Morgan fingerprint density at radius 2 is 1.87 bits per heavy atom. The van der Waals surface area contributed by atoms with Gasteiger partial charge in [0.25, 0.3) is 5.91 Å². The Bertz CT molecular complexity index is 978. The first-order chi connectivity index (χ1) is 14.4. The summed E-state index contributed by atoms with van der Waals surface area (Å²) in [6.45, 7) is 1.95. The first-order valence-corrected chi connectivity index (χ1v) is 9.78. The van der Waals surface area contributed by atoms with Gasteiger partial charge in [0.05, 0.1) is 0 Å². The zero-order valence-electron chi connectivity index (χ0n) is 16.6. The third-order valence-corrected chi connectivity index (χ3v) is 5.22. The Labute approximate surface area is 174 Å². The number of carbonyl (C=O) groups excluding carboxylic acids is 3. The molecule has 2 heterocycles. The van der Waals surface area contributed by atoms with Crippen LogP contribution in [0.5, 0.6) is 11.5 Å². The molecule has 1 atom stereocenters. The molecule has 0 spiro atoms. The first kappa shape index (κ1) is 19.8. The summed E-state index contributed by atoms with van der Waals surface area (Å²) in [6, 6.07) is 14.6. The molecule has 2 aliphatic heterocycles. The van der Waals surface area contributed by atoms with Gasteiger partial charge in [-0.2, -0.15) is 0 Å². The van der Waals surface area contributed by atoms with Crippen LogP contribution in [0.15, 0.2) is 48.5 Å². The van der Waals surface area contributed by atoms with Gasteiger partial charge in [-0.25, -0.2) is 4.79 Å². The number of imide groups is 1. The maximum absolute atomic E-state index is 12.9. The van der Waals surface area contributed by atoms with Gasteiger partial charge in [-0.1, -0.05) is 36.4 Å². The highest BCUT2D eigenvalue weighted by Crippen LogP contribution is 2.34. The zero-order valence-corrected chi connectivity index (χ0v) is 16.6. The van der Waals surface area contributed by atoms with Crippen LogP contribution >= 0.6 is 0 Å². The fraction of sp³-hybridized carbons (Fsp3) is 0.318. The Morgan fingerprint density at radius 1 is 1.10 bits per heavy atom. The van der Waals surface area contributed by atoms with Crippen LogP contribution in [-0.4, -0.2) is 48.2 Å². The summed E-state index contributed by atoms with van der Waals surface area (Å²) in [4.78, 5) is 38.5. The van der Waals surface area contributed by atoms with E-state index >= 15 is 0 Å². The Morgan fingerprint density at radius 3 is 2.67 bits per heavy atom. The quantitative estimate of drug-likeness (QED) is 0.678. The molecular weight excluding hydrogens is 386 g/mol. The van der Waals surface area contributed by atoms with Crippen molar-refractivity contribution in [3.63, 3.8) is 0 Å². The van der Waals surface area contributed by atoms with Crippen LogP contribution in [-0.2, 0) is 22.4 Å². The molecule has 0 saturated carbocycles. The number of fused-ring (bicyclic) bond motifs is 1. The average Bonchev–Trinajstić information content (AvgIpc) is 3.27. The number of hydrogen-bond donors (Lipinski definition) is 2. The molecule has 2 aromatic carbocycles. The van der Waals surface area contributed by atoms with Gasteiger partial charge in [-0.3, -0.25) is 14.5 Å². The van der Waals surface area contributed by atoms with Crippen LogP contribution in [0.3, 0.4) is 0 Å². The van der Waals surface area contributed by atoms with Crippen LogP contribution in [0.25, 0.3) is 0 Å². The van der Waals surface area contributed by atoms with E-state index in [9.17, 15) is 14.4 Å². The zero-order chi connectivity index (χ0) is 21.1. The molecule has 4 rings (SSSR count). The van der Waals surface area contributed by atoms with Gasteiger partial charge in [-0.05, 0) is 36.6 Å². The van der Waals surface area contributed by atoms with Crippen molar-refractivity contribution in [2.24, 2.45) is 0 Å². The molecule has 1 fully saturated rings. The molecule has 0 aliphatic carbocycles. The smallest absolute Gasteiger partial charge is 0.325 e. The summed E-state index contributed by atoms with van der Waals surface area (Å²) in [5, 5.41) is 5.48. The highest BCUT2D eigenvalue weighted by atomic mass is 16.7. The van der Waals surface area contributed by atoms with Crippen molar-refractivity contribution < 1.29 is 23.9 Å². The van der Waals surface area contributed by atoms with Crippen molar-refractivity contribution in [3.05, 3.63) is 59.7 Å². The lowest BCUT2D eigenvalue weighted by Crippen LogP contribution is -2.47. The lowest BCUT2D eigenvalue weighted by Gasteiger charge is -2.22. The fourth-order valence-electron chi connectivity index (χ4n) is 3.66. The molecule has 2 aliphatic rings. The van der Waals surface area contributed by atoms with Gasteiger partial charge >= 0.3 is 6.03 Å². The van der Waals surface area contributed by atoms with E-state index in [0.29, 0.717) is 24.5 Å². The third kappa shape index (κ3) is 4.07. The Hall–Kier alpha value is -3.55. The summed E-state index contributed by atoms with van der Waals surface area (Å²) in [6.07, 6.45) is 0.953. The van der Waals surface area contributed by atoms with Gasteiger partial charge in [0, 0.05) is 13.0 Å². The Balaban J connectivity index is 1.34. The highest BCUT2D eigenvalue weighted by Gasteiger charge is 2.48. The topological polar surface area (TPSA) is 97.0 Å². The van der Waals surface area contributed by atoms with Gasteiger partial charge < -0.3 is 20.1 Å². The molecule has 156 valence electrons. The summed E-state index contributed by atoms with van der Waals surface area (Å²) < 4.78 is 10.7. The SMILES string of the molecule is CC1(Cc2ccc3c(c2)OCO3)NC(=O)N(CC(=O)NCCc2ccccc2)C1=O. The monoisotopic (exact) mass is 409 g/mol. The number of nitrogens with zero attached hydrogens (tertiary/aromatic N) is 1. The lowest BCUT2D eigenvalue weighted by molar-refractivity contribution is -0.134. The molecular formula is C22H23N3O5. The maximum Gasteiger partial charge on any atom is 0.325 e. The van der Waals surface area contributed by atoms with E-state index in [0.717, 1.165) is 16.0 Å². The number of urea groups is 1. The van der Waals surface area contributed by atoms with Crippen molar-refractivity contribution in [3.8, 4) is 11.5 Å². The van der Waals surface area contributed by atoms with E-state index < -0.39 is 17.5 Å². The van der Waals surface area contributed by atoms with E-state index in [1.165, 1.54) is 0 Å². The molecule has 2 aromatic rings. The molecule has 4 amide bonds. The molecule has 0 aromatic heterocycles. The summed E-state index contributed by atoms with van der Waals surface area (Å²) >= 11 is 0. The van der Waals surface area contributed by atoms with Gasteiger partial charge in [-0.15, -0.1) is 0 Å². The van der Waals surface area contributed by atoms with Crippen LogP contribution < -0.4 is 20.1 Å². The average molecular weight is 409 g/mol. The van der Waals surface area contributed by atoms with Crippen molar-refractivity contribution in [1.29, 1.82) is 0 Å². The van der Waals surface area contributed by atoms with E-state index in [1.807, 2.05) is 36.4 Å². The maximum atomic E-state index is 12.9. The molecule has 1 saturated heterocycles.